The largest absolute Gasteiger partial charge is 0.394 e. The Morgan fingerprint density at radius 1 is 1.29 bits per heavy atom. The number of likely N-dealkylation sites (N-methyl/N-ethyl adjacent to an activating group) is 1. The van der Waals surface area contributed by atoms with Gasteiger partial charge in [0.25, 0.3) is 0 Å². The maximum Gasteiger partial charge on any atom is 0.131 e. The minimum Gasteiger partial charge on any atom is -0.394 e. The van der Waals surface area contributed by atoms with Gasteiger partial charge in [0.15, 0.2) is 0 Å². The molecule has 4 heteroatoms. The molecule has 1 atom stereocenters. The normalized spacial score (nSPS) is 13.3. The summed E-state index contributed by atoms with van der Waals surface area (Å²) in [5.74, 6) is -1.25. The van der Waals surface area contributed by atoms with Crippen LogP contribution in [0.4, 0.5) is 8.78 Å². The lowest BCUT2D eigenvalue weighted by Crippen LogP contribution is -2.25. The van der Waals surface area contributed by atoms with E-state index < -0.39 is 17.7 Å². The molecule has 0 aromatic heterocycles. The molecule has 0 bridgehead atoms. The number of halogens is 2. The van der Waals surface area contributed by atoms with E-state index >= 15 is 0 Å². The van der Waals surface area contributed by atoms with E-state index in [1.54, 1.807) is 19.0 Å². The van der Waals surface area contributed by atoms with Crippen LogP contribution in [0.15, 0.2) is 18.2 Å². The molecule has 14 heavy (non-hydrogen) atoms. The fourth-order valence-electron chi connectivity index (χ4n) is 1.34. The molecule has 1 N–H and O–H groups in total. The zero-order chi connectivity index (χ0) is 10.7. The Balaban J connectivity index is 3.15. The summed E-state index contributed by atoms with van der Waals surface area (Å²) < 4.78 is 26.5. The van der Waals surface area contributed by atoms with Gasteiger partial charge in [-0.2, -0.15) is 0 Å². The molecule has 0 heterocycles. The zero-order valence-electron chi connectivity index (χ0n) is 8.17. The van der Waals surface area contributed by atoms with Crippen LogP contribution in [0.3, 0.4) is 0 Å². The van der Waals surface area contributed by atoms with Gasteiger partial charge >= 0.3 is 0 Å². The third kappa shape index (κ3) is 2.08. The van der Waals surface area contributed by atoms with Gasteiger partial charge in [-0.3, -0.25) is 0 Å². The van der Waals surface area contributed by atoms with Crippen molar-refractivity contribution in [3.8, 4) is 0 Å². The number of rotatable bonds is 3. The summed E-state index contributed by atoms with van der Waals surface area (Å²) >= 11 is 0. The first-order valence-electron chi connectivity index (χ1n) is 4.29. The van der Waals surface area contributed by atoms with Crippen LogP contribution in [0.1, 0.15) is 11.6 Å². The van der Waals surface area contributed by atoms with Crippen LogP contribution in [0, 0.1) is 11.6 Å². The summed E-state index contributed by atoms with van der Waals surface area (Å²) in [6, 6.07) is 3.03. The maximum absolute atomic E-state index is 13.3. The second-order valence-electron chi connectivity index (χ2n) is 3.30. The van der Waals surface area contributed by atoms with E-state index in [-0.39, 0.29) is 12.2 Å². The molecule has 0 unspecified atom stereocenters. The third-order valence-corrected chi connectivity index (χ3v) is 2.13. The summed E-state index contributed by atoms with van der Waals surface area (Å²) in [4.78, 5) is 1.57. The molecular weight excluding hydrogens is 188 g/mol. The topological polar surface area (TPSA) is 23.5 Å². The summed E-state index contributed by atoms with van der Waals surface area (Å²) in [5.41, 5.74) is -0.0833. The first-order chi connectivity index (χ1) is 6.57. The average molecular weight is 201 g/mol. The van der Waals surface area contributed by atoms with Crippen molar-refractivity contribution in [1.29, 1.82) is 0 Å². The van der Waals surface area contributed by atoms with Gasteiger partial charge in [-0.1, -0.05) is 6.07 Å². The molecule has 1 aromatic carbocycles. The van der Waals surface area contributed by atoms with E-state index in [1.165, 1.54) is 18.2 Å². The SMILES string of the molecule is CN(C)[C@H](CO)c1c(F)cccc1F. The smallest absolute Gasteiger partial charge is 0.131 e. The molecule has 0 amide bonds. The van der Waals surface area contributed by atoms with Gasteiger partial charge in [-0.05, 0) is 26.2 Å². The molecule has 0 aliphatic heterocycles. The van der Waals surface area contributed by atoms with Crippen LogP contribution in [0.2, 0.25) is 0 Å². The summed E-state index contributed by atoms with van der Waals surface area (Å²) in [6.07, 6.45) is 0. The number of benzene rings is 1. The first-order valence-corrected chi connectivity index (χ1v) is 4.29. The lowest BCUT2D eigenvalue weighted by molar-refractivity contribution is 0.164. The fraction of sp³-hybridized carbons (Fsp3) is 0.400. The van der Waals surface area contributed by atoms with Gasteiger partial charge < -0.3 is 10.0 Å². The summed E-state index contributed by atoms with van der Waals surface area (Å²) in [5, 5.41) is 9.02. The minimum absolute atomic E-state index is 0.0833. The average Bonchev–Trinajstić information content (AvgIpc) is 2.10. The van der Waals surface area contributed by atoms with Gasteiger partial charge in [0.05, 0.1) is 12.6 Å². The summed E-state index contributed by atoms with van der Waals surface area (Å²) in [7, 11) is 3.32. The number of nitrogens with zero attached hydrogens (tertiary/aromatic N) is 1. The Bertz CT molecular complexity index is 295. The lowest BCUT2D eigenvalue weighted by atomic mass is 10.1. The van der Waals surface area contributed by atoms with Gasteiger partial charge in [-0.25, -0.2) is 8.78 Å². The van der Waals surface area contributed by atoms with Gasteiger partial charge in [0.1, 0.15) is 11.6 Å². The molecule has 1 aromatic rings. The van der Waals surface area contributed by atoms with Crippen molar-refractivity contribution in [2.24, 2.45) is 0 Å². The van der Waals surface area contributed by atoms with Crippen molar-refractivity contribution >= 4 is 0 Å². The molecular formula is C10H13F2NO. The number of hydrogen-bond acceptors (Lipinski definition) is 2. The third-order valence-electron chi connectivity index (χ3n) is 2.13. The molecule has 0 fully saturated rings. The Morgan fingerprint density at radius 3 is 2.14 bits per heavy atom. The van der Waals surface area contributed by atoms with E-state index in [2.05, 4.69) is 0 Å². The highest BCUT2D eigenvalue weighted by atomic mass is 19.1. The quantitative estimate of drug-likeness (QED) is 0.802. The molecule has 0 aliphatic carbocycles. The predicted octanol–water partition coefficient (Wildman–Crippen LogP) is 1.56. The minimum atomic E-state index is -0.642. The van der Waals surface area contributed by atoms with Crippen LogP contribution >= 0.6 is 0 Å². The van der Waals surface area contributed by atoms with E-state index in [1.807, 2.05) is 0 Å². The first kappa shape index (κ1) is 11.1. The van der Waals surface area contributed by atoms with Gasteiger partial charge in [-0.15, -0.1) is 0 Å². The molecule has 0 aliphatic rings. The molecule has 0 radical (unpaired) electrons. The molecule has 1 rings (SSSR count). The van der Waals surface area contributed by atoms with E-state index in [0.29, 0.717) is 0 Å². The Kier molecular flexibility index (Phi) is 3.55. The number of hydrogen-bond donors (Lipinski definition) is 1. The van der Waals surface area contributed by atoms with Crippen molar-refractivity contribution < 1.29 is 13.9 Å². The van der Waals surface area contributed by atoms with E-state index in [9.17, 15) is 8.78 Å². The highest BCUT2D eigenvalue weighted by Crippen LogP contribution is 2.23. The Morgan fingerprint density at radius 2 is 1.79 bits per heavy atom. The predicted molar refractivity (Wildman–Crippen MR) is 49.9 cm³/mol. The Labute approximate surface area is 81.8 Å². The second-order valence-corrected chi connectivity index (χ2v) is 3.30. The van der Waals surface area contributed by atoms with Gasteiger partial charge in [0.2, 0.25) is 0 Å². The highest BCUT2D eigenvalue weighted by Gasteiger charge is 2.20. The van der Waals surface area contributed by atoms with Crippen molar-refractivity contribution in [2.75, 3.05) is 20.7 Å². The van der Waals surface area contributed by atoms with Crippen LogP contribution in [0.5, 0.6) is 0 Å². The highest BCUT2D eigenvalue weighted by molar-refractivity contribution is 5.23. The Hall–Kier alpha value is -1.00. The van der Waals surface area contributed by atoms with Crippen molar-refractivity contribution in [2.45, 2.75) is 6.04 Å². The molecule has 0 saturated heterocycles. The standard InChI is InChI=1S/C10H13F2NO/c1-13(2)9(6-14)10-7(11)4-3-5-8(10)12/h3-5,9,14H,6H2,1-2H3/t9-/m1/s1. The van der Waals surface area contributed by atoms with Crippen molar-refractivity contribution in [3.05, 3.63) is 35.4 Å². The zero-order valence-corrected chi connectivity index (χ0v) is 8.17. The van der Waals surface area contributed by atoms with Crippen molar-refractivity contribution in [3.63, 3.8) is 0 Å². The summed E-state index contributed by atoms with van der Waals surface area (Å²) in [6.45, 7) is -0.315. The van der Waals surface area contributed by atoms with Crippen LogP contribution < -0.4 is 0 Å². The number of aliphatic hydroxyl groups excluding tert-OH is 1. The maximum atomic E-state index is 13.3. The van der Waals surface area contributed by atoms with E-state index in [4.69, 9.17) is 5.11 Å². The lowest BCUT2D eigenvalue weighted by Gasteiger charge is -2.23. The molecule has 0 spiro atoms. The fourth-order valence-corrected chi connectivity index (χ4v) is 1.34. The van der Waals surface area contributed by atoms with E-state index in [0.717, 1.165) is 0 Å². The molecule has 78 valence electrons. The van der Waals surface area contributed by atoms with Crippen molar-refractivity contribution in [1.82, 2.24) is 4.90 Å². The second kappa shape index (κ2) is 4.48. The van der Waals surface area contributed by atoms with Crippen LogP contribution in [-0.4, -0.2) is 30.7 Å². The van der Waals surface area contributed by atoms with Gasteiger partial charge in [0, 0.05) is 5.56 Å². The number of aliphatic hydroxyl groups is 1. The molecule has 0 saturated carbocycles. The van der Waals surface area contributed by atoms with Crippen LogP contribution in [0.25, 0.3) is 0 Å². The molecule has 2 nitrogen and oxygen atoms in total. The monoisotopic (exact) mass is 201 g/mol. The van der Waals surface area contributed by atoms with Crippen LogP contribution in [-0.2, 0) is 0 Å².